The first-order valence-corrected chi connectivity index (χ1v) is 6.12. The maximum absolute atomic E-state index is 8.99. The number of hydrogen-bond acceptors (Lipinski definition) is 3. The van der Waals surface area contributed by atoms with Gasteiger partial charge in [0.2, 0.25) is 0 Å². The van der Waals surface area contributed by atoms with Crippen LogP contribution in [0.2, 0.25) is 5.02 Å². The molecule has 92 valence electrons. The average molecular weight is 269 g/mol. The minimum absolute atomic E-state index is 0.511. The summed E-state index contributed by atoms with van der Waals surface area (Å²) < 4.78 is 0. The maximum atomic E-state index is 8.99. The summed E-state index contributed by atoms with van der Waals surface area (Å²) in [6.07, 6.45) is 3.98. The number of halogens is 1. The van der Waals surface area contributed by atoms with Gasteiger partial charge in [-0.15, -0.1) is 0 Å². The third kappa shape index (κ3) is 2.16. The van der Waals surface area contributed by atoms with Crippen molar-refractivity contribution in [3.63, 3.8) is 0 Å². The number of H-pyrrole nitrogens is 1. The van der Waals surface area contributed by atoms with Crippen molar-refractivity contribution in [2.75, 3.05) is 0 Å². The Hall–Kier alpha value is -2.38. The van der Waals surface area contributed by atoms with Gasteiger partial charge in [-0.05, 0) is 18.2 Å². The first kappa shape index (κ1) is 11.7. The van der Waals surface area contributed by atoms with Crippen LogP contribution in [0.25, 0.3) is 11.0 Å². The van der Waals surface area contributed by atoms with Gasteiger partial charge >= 0.3 is 0 Å². The van der Waals surface area contributed by atoms with Crippen molar-refractivity contribution in [2.45, 2.75) is 6.42 Å². The van der Waals surface area contributed by atoms with E-state index in [2.05, 4.69) is 21.0 Å². The second kappa shape index (κ2) is 4.71. The number of nitrogens with zero attached hydrogens (tertiary/aromatic N) is 3. The number of aromatic nitrogens is 3. The molecule has 0 radical (unpaired) electrons. The van der Waals surface area contributed by atoms with Crippen LogP contribution < -0.4 is 0 Å². The summed E-state index contributed by atoms with van der Waals surface area (Å²) >= 11 is 6.22. The van der Waals surface area contributed by atoms with Crippen LogP contribution >= 0.6 is 11.6 Å². The van der Waals surface area contributed by atoms with E-state index in [4.69, 9.17) is 16.9 Å². The second-order valence-corrected chi connectivity index (χ2v) is 4.54. The number of fused-ring (bicyclic) bond motifs is 1. The van der Waals surface area contributed by atoms with Gasteiger partial charge in [-0.3, -0.25) is 4.98 Å². The molecule has 0 spiro atoms. The Morgan fingerprint density at radius 3 is 2.95 bits per heavy atom. The van der Waals surface area contributed by atoms with Gasteiger partial charge in [-0.1, -0.05) is 17.7 Å². The normalized spacial score (nSPS) is 10.5. The molecule has 0 aliphatic rings. The van der Waals surface area contributed by atoms with Crippen molar-refractivity contribution in [3.05, 3.63) is 58.6 Å². The molecule has 0 aliphatic heterocycles. The lowest BCUT2D eigenvalue weighted by Gasteiger charge is -2.02. The molecular weight excluding hydrogens is 260 g/mol. The Bertz CT molecular complexity index is 771. The predicted molar refractivity (Wildman–Crippen MR) is 72.9 cm³/mol. The summed E-state index contributed by atoms with van der Waals surface area (Å²) in [6.45, 7) is 0. The Kier molecular flexibility index (Phi) is 2.90. The van der Waals surface area contributed by atoms with Crippen LogP contribution in [0.1, 0.15) is 17.0 Å². The molecule has 3 heterocycles. The Labute approximate surface area is 114 Å². The van der Waals surface area contributed by atoms with Crippen molar-refractivity contribution in [3.8, 4) is 6.07 Å². The molecule has 0 amide bonds. The molecule has 0 atom stereocenters. The first-order valence-electron chi connectivity index (χ1n) is 5.74. The lowest BCUT2D eigenvalue weighted by Crippen LogP contribution is -1.95. The summed E-state index contributed by atoms with van der Waals surface area (Å²) in [5.74, 6) is 0. The van der Waals surface area contributed by atoms with Crippen molar-refractivity contribution in [1.82, 2.24) is 15.0 Å². The molecule has 0 fully saturated rings. The van der Waals surface area contributed by atoms with Crippen molar-refractivity contribution in [2.24, 2.45) is 0 Å². The summed E-state index contributed by atoms with van der Waals surface area (Å²) in [5, 5.41) is 10.2. The van der Waals surface area contributed by atoms with E-state index < -0.39 is 0 Å². The fourth-order valence-electron chi connectivity index (χ4n) is 2.00. The number of nitriles is 1. The number of pyridine rings is 2. The quantitative estimate of drug-likeness (QED) is 0.777. The van der Waals surface area contributed by atoms with Crippen LogP contribution in [0, 0.1) is 11.3 Å². The van der Waals surface area contributed by atoms with Crippen LogP contribution in [-0.4, -0.2) is 15.0 Å². The van der Waals surface area contributed by atoms with E-state index in [9.17, 15) is 0 Å². The molecule has 0 saturated carbocycles. The highest BCUT2D eigenvalue weighted by Gasteiger charge is 2.11. The van der Waals surface area contributed by atoms with Crippen molar-refractivity contribution >= 4 is 22.6 Å². The minimum atomic E-state index is 0.511. The van der Waals surface area contributed by atoms with E-state index in [-0.39, 0.29) is 0 Å². The van der Waals surface area contributed by atoms with Gasteiger partial charge in [-0.2, -0.15) is 5.26 Å². The van der Waals surface area contributed by atoms with Crippen LogP contribution in [0.4, 0.5) is 0 Å². The van der Waals surface area contributed by atoms with Crippen LogP contribution in [-0.2, 0) is 6.42 Å². The fraction of sp³-hybridized carbons (Fsp3) is 0.0714. The lowest BCUT2D eigenvalue weighted by molar-refractivity contribution is 1.02. The molecule has 0 aliphatic carbocycles. The Morgan fingerprint density at radius 1 is 1.32 bits per heavy atom. The van der Waals surface area contributed by atoms with Crippen LogP contribution in [0.15, 0.2) is 36.7 Å². The van der Waals surface area contributed by atoms with Crippen molar-refractivity contribution in [1.29, 1.82) is 5.26 Å². The van der Waals surface area contributed by atoms with E-state index in [1.165, 1.54) is 0 Å². The van der Waals surface area contributed by atoms with Gasteiger partial charge in [0.25, 0.3) is 0 Å². The van der Waals surface area contributed by atoms with E-state index in [0.717, 1.165) is 11.4 Å². The zero-order valence-electron chi connectivity index (χ0n) is 9.89. The van der Waals surface area contributed by atoms with Gasteiger partial charge in [0.15, 0.2) is 0 Å². The standard InChI is InChI=1S/C14H9ClN4/c15-12-6-11(5-10-3-1-2-4-17-10)19-14-13(12)9(7-16)8-18-14/h1-4,6,8H,5H2,(H,18,19). The Morgan fingerprint density at radius 2 is 2.21 bits per heavy atom. The molecule has 0 unspecified atom stereocenters. The maximum Gasteiger partial charge on any atom is 0.140 e. The summed E-state index contributed by atoms with van der Waals surface area (Å²) in [4.78, 5) is 11.7. The van der Waals surface area contributed by atoms with E-state index in [0.29, 0.717) is 28.0 Å². The molecule has 5 heteroatoms. The molecule has 4 nitrogen and oxygen atoms in total. The van der Waals surface area contributed by atoms with E-state index in [1.54, 1.807) is 18.5 Å². The Balaban J connectivity index is 2.05. The van der Waals surface area contributed by atoms with Gasteiger partial charge in [0.1, 0.15) is 11.7 Å². The van der Waals surface area contributed by atoms with Gasteiger partial charge in [0, 0.05) is 24.5 Å². The molecule has 19 heavy (non-hydrogen) atoms. The zero-order chi connectivity index (χ0) is 13.2. The second-order valence-electron chi connectivity index (χ2n) is 4.13. The van der Waals surface area contributed by atoms with Gasteiger partial charge in [-0.25, -0.2) is 4.98 Å². The highest BCUT2D eigenvalue weighted by Crippen LogP contribution is 2.26. The SMILES string of the molecule is N#Cc1c[nH]c2nc(Cc3ccccn3)cc(Cl)c12. The van der Waals surface area contributed by atoms with Gasteiger partial charge in [0.05, 0.1) is 21.7 Å². The molecule has 3 aromatic heterocycles. The highest BCUT2D eigenvalue weighted by atomic mass is 35.5. The predicted octanol–water partition coefficient (Wildman–Crippen LogP) is 3.07. The van der Waals surface area contributed by atoms with Crippen LogP contribution in [0.5, 0.6) is 0 Å². The topological polar surface area (TPSA) is 65.4 Å². The minimum Gasteiger partial charge on any atom is -0.345 e. The molecule has 0 saturated heterocycles. The number of nitrogens with one attached hydrogen (secondary N) is 1. The number of aromatic amines is 1. The first-order chi connectivity index (χ1) is 9.28. The zero-order valence-corrected chi connectivity index (χ0v) is 10.6. The fourth-order valence-corrected chi connectivity index (χ4v) is 2.32. The monoisotopic (exact) mass is 268 g/mol. The molecule has 1 N–H and O–H groups in total. The number of hydrogen-bond donors (Lipinski definition) is 1. The van der Waals surface area contributed by atoms with Gasteiger partial charge < -0.3 is 4.98 Å². The van der Waals surface area contributed by atoms with E-state index in [1.807, 2.05) is 18.2 Å². The van der Waals surface area contributed by atoms with Crippen LogP contribution in [0.3, 0.4) is 0 Å². The molecular formula is C14H9ClN4. The molecule has 0 bridgehead atoms. The summed E-state index contributed by atoms with van der Waals surface area (Å²) in [6, 6.07) is 9.62. The van der Waals surface area contributed by atoms with E-state index >= 15 is 0 Å². The lowest BCUT2D eigenvalue weighted by atomic mass is 10.1. The largest absolute Gasteiger partial charge is 0.345 e. The molecule has 3 rings (SSSR count). The number of rotatable bonds is 2. The third-order valence-corrected chi connectivity index (χ3v) is 3.15. The molecule has 0 aromatic carbocycles. The summed E-state index contributed by atoms with van der Waals surface area (Å²) in [5.41, 5.74) is 2.90. The van der Waals surface area contributed by atoms with Crippen molar-refractivity contribution < 1.29 is 0 Å². The molecule has 3 aromatic rings. The smallest absolute Gasteiger partial charge is 0.140 e. The average Bonchev–Trinajstić information content (AvgIpc) is 2.83. The third-order valence-electron chi connectivity index (χ3n) is 2.86. The highest BCUT2D eigenvalue weighted by molar-refractivity contribution is 6.35. The summed E-state index contributed by atoms with van der Waals surface area (Å²) in [7, 11) is 0.